The lowest BCUT2D eigenvalue weighted by atomic mass is 10.1. The van der Waals surface area contributed by atoms with Crippen molar-refractivity contribution in [2.75, 3.05) is 7.11 Å². The lowest BCUT2D eigenvalue weighted by Crippen LogP contribution is -2.19. The topological polar surface area (TPSA) is 9.23 Å². The van der Waals surface area contributed by atoms with Crippen molar-refractivity contribution in [3.63, 3.8) is 0 Å². The average molecular weight is 166 g/mol. The number of benzene rings is 1. The summed E-state index contributed by atoms with van der Waals surface area (Å²) in [7, 11) is 1.33. The van der Waals surface area contributed by atoms with E-state index in [-0.39, 0.29) is 0 Å². The first-order valence-corrected chi connectivity index (χ1v) is 5.08. The first-order chi connectivity index (χ1) is 5.25. The zero-order valence-electron chi connectivity index (χ0n) is 7.35. The Kier molecular flexibility index (Phi) is 2.85. The molecular formula is C9H14OSi. The maximum atomic E-state index is 5.20. The number of hydrogen-bond acceptors (Lipinski definition) is 1. The van der Waals surface area contributed by atoms with E-state index in [1.165, 1.54) is 16.3 Å². The Morgan fingerprint density at radius 3 is 2.64 bits per heavy atom. The van der Waals surface area contributed by atoms with E-state index in [9.17, 15) is 0 Å². The lowest BCUT2D eigenvalue weighted by molar-refractivity contribution is 0.450. The number of aryl methyl sites for hydroxylation is 1. The summed E-state index contributed by atoms with van der Waals surface area (Å²) in [6.45, 7) is 4.31. The number of hydrogen-bond donors (Lipinski definition) is 0. The molecule has 0 atom stereocenters. The molecule has 0 aliphatic carbocycles. The molecule has 0 radical (unpaired) electrons. The number of rotatable bonds is 2. The molecule has 1 nitrogen and oxygen atoms in total. The maximum absolute atomic E-state index is 5.20. The van der Waals surface area contributed by atoms with Gasteiger partial charge in [-0.05, 0) is 30.2 Å². The summed E-state index contributed by atoms with van der Waals surface area (Å²) < 4.78 is 5.20. The Morgan fingerprint density at radius 1 is 1.27 bits per heavy atom. The normalized spacial score (nSPS) is 11.2. The van der Waals surface area contributed by atoms with Gasteiger partial charge in [0.1, 0.15) is 0 Å². The quantitative estimate of drug-likeness (QED) is 0.586. The molecule has 0 N–H and O–H groups in total. The van der Waals surface area contributed by atoms with Gasteiger partial charge in [-0.25, -0.2) is 0 Å². The van der Waals surface area contributed by atoms with E-state index in [4.69, 9.17) is 4.43 Å². The summed E-state index contributed by atoms with van der Waals surface area (Å²) in [5.74, 6) is 0. The first kappa shape index (κ1) is 8.49. The minimum atomic E-state index is -0.451. The molecule has 0 aromatic heterocycles. The van der Waals surface area contributed by atoms with E-state index >= 15 is 0 Å². The van der Waals surface area contributed by atoms with Crippen LogP contribution in [-0.2, 0) is 4.43 Å². The van der Waals surface area contributed by atoms with Crippen LogP contribution in [-0.4, -0.2) is 16.9 Å². The predicted molar refractivity (Wildman–Crippen MR) is 51.1 cm³/mol. The van der Waals surface area contributed by atoms with Crippen molar-refractivity contribution in [1.29, 1.82) is 0 Å². The van der Waals surface area contributed by atoms with Crippen molar-refractivity contribution in [1.82, 2.24) is 0 Å². The van der Waals surface area contributed by atoms with Crippen LogP contribution in [0.2, 0.25) is 0 Å². The molecule has 0 aliphatic rings. The smallest absolute Gasteiger partial charge is 0.191 e. The third kappa shape index (κ3) is 1.91. The van der Waals surface area contributed by atoms with E-state index in [2.05, 4.69) is 32.0 Å². The molecule has 0 unspecified atom stereocenters. The fourth-order valence-corrected chi connectivity index (χ4v) is 2.16. The second-order valence-corrected chi connectivity index (χ2v) is 4.42. The standard InChI is InChI=1S/C9H14OSi/c1-7-5-4-6-9(8(7)2)11-10-3/h4-6H,11H2,1-3H3. The van der Waals surface area contributed by atoms with Crippen molar-refractivity contribution < 1.29 is 4.43 Å². The van der Waals surface area contributed by atoms with Gasteiger partial charge >= 0.3 is 0 Å². The summed E-state index contributed by atoms with van der Waals surface area (Å²) in [5, 5.41) is 1.42. The molecular weight excluding hydrogens is 152 g/mol. The Hall–Kier alpha value is -0.603. The van der Waals surface area contributed by atoms with Gasteiger partial charge < -0.3 is 4.43 Å². The second-order valence-electron chi connectivity index (χ2n) is 2.79. The first-order valence-electron chi connectivity index (χ1n) is 3.79. The van der Waals surface area contributed by atoms with Crippen LogP contribution in [0.5, 0.6) is 0 Å². The van der Waals surface area contributed by atoms with Crippen LogP contribution >= 0.6 is 0 Å². The molecule has 11 heavy (non-hydrogen) atoms. The molecule has 0 saturated carbocycles. The monoisotopic (exact) mass is 166 g/mol. The molecule has 0 fully saturated rings. The van der Waals surface area contributed by atoms with E-state index in [1.807, 2.05) is 0 Å². The van der Waals surface area contributed by atoms with Gasteiger partial charge in [-0.15, -0.1) is 0 Å². The Labute approximate surface area is 70.3 Å². The van der Waals surface area contributed by atoms with Gasteiger partial charge in [0.2, 0.25) is 0 Å². The molecule has 0 bridgehead atoms. The van der Waals surface area contributed by atoms with Gasteiger partial charge in [-0.3, -0.25) is 0 Å². The van der Waals surface area contributed by atoms with Gasteiger partial charge in [0.05, 0.1) is 0 Å². The van der Waals surface area contributed by atoms with Crippen molar-refractivity contribution in [3.8, 4) is 0 Å². The maximum Gasteiger partial charge on any atom is 0.191 e. The fourth-order valence-electron chi connectivity index (χ4n) is 1.12. The minimum Gasteiger partial charge on any atom is -0.422 e. The second kappa shape index (κ2) is 3.69. The van der Waals surface area contributed by atoms with Crippen molar-refractivity contribution in [2.24, 2.45) is 0 Å². The zero-order chi connectivity index (χ0) is 8.27. The molecule has 60 valence electrons. The molecule has 0 saturated heterocycles. The highest BCUT2D eigenvalue weighted by Gasteiger charge is 1.99. The SMILES string of the molecule is CO[SiH2]c1cccc(C)c1C. The molecule has 0 aliphatic heterocycles. The van der Waals surface area contributed by atoms with E-state index in [0.29, 0.717) is 0 Å². The van der Waals surface area contributed by atoms with E-state index in [0.717, 1.165) is 0 Å². The van der Waals surface area contributed by atoms with Crippen molar-refractivity contribution in [3.05, 3.63) is 29.3 Å². The molecule has 2 heteroatoms. The van der Waals surface area contributed by atoms with Crippen LogP contribution in [0.15, 0.2) is 18.2 Å². The van der Waals surface area contributed by atoms with Crippen LogP contribution in [0.1, 0.15) is 11.1 Å². The minimum absolute atomic E-state index is 0.451. The van der Waals surface area contributed by atoms with Gasteiger partial charge in [0.25, 0.3) is 0 Å². The highest BCUT2D eigenvalue weighted by atomic mass is 28.2. The summed E-state index contributed by atoms with van der Waals surface area (Å²) in [4.78, 5) is 0. The van der Waals surface area contributed by atoms with E-state index in [1.54, 1.807) is 7.11 Å². The summed E-state index contributed by atoms with van der Waals surface area (Å²) >= 11 is 0. The Bertz CT molecular complexity index is 245. The van der Waals surface area contributed by atoms with Crippen LogP contribution < -0.4 is 5.19 Å². The lowest BCUT2D eigenvalue weighted by Gasteiger charge is -2.05. The van der Waals surface area contributed by atoms with E-state index < -0.39 is 9.76 Å². The van der Waals surface area contributed by atoms with Crippen molar-refractivity contribution in [2.45, 2.75) is 13.8 Å². The van der Waals surface area contributed by atoms with Crippen LogP contribution in [0, 0.1) is 13.8 Å². The molecule has 0 spiro atoms. The third-order valence-electron chi connectivity index (χ3n) is 2.02. The third-order valence-corrected chi connectivity index (χ3v) is 3.38. The fraction of sp³-hybridized carbons (Fsp3) is 0.333. The van der Waals surface area contributed by atoms with Crippen LogP contribution in [0.25, 0.3) is 0 Å². The Balaban J connectivity index is 2.96. The van der Waals surface area contributed by atoms with Crippen molar-refractivity contribution >= 4 is 14.9 Å². The zero-order valence-corrected chi connectivity index (χ0v) is 8.76. The van der Waals surface area contributed by atoms with Crippen LogP contribution in [0.3, 0.4) is 0 Å². The highest BCUT2D eigenvalue weighted by molar-refractivity contribution is 6.47. The summed E-state index contributed by atoms with van der Waals surface area (Å²) in [5.41, 5.74) is 2.77. The van der Waals surface area contributed by atoms with Gasteiger partial charge in [-0.2, -0.15) is 0 Å². The predicted octanol–water partition coefficient (Wildman–Crippen LogP) is 0.659. The summed E-state index contributed by atoms with van der Waals surface area (Å²) in [6, 6.07) is 6.41. The Morgan fingerprint density at radius 2 is 2.00 bits per heavy atom. The molecule has 1 rings (SSSR count). The molecule has 1 aromatic rings. The van der Waals surface area contributed by atoms with Gasteiger partial charge in [-0.1, -0.05) is 18.2 Å². The molecule has 0 heterocycles. The van der Waals surface area contributed by atoms with Crippen LogP contribution in [0.4, 0.5) is 0 Å². The molecule has 1 aromatic carbocycles. The largest absolute Gasteiger partial charge is 0.422 e. The molecule has 0 amide bonds. The highest BCUT2D eigenvalue weighted by Crippen LogP contribution is 2.01. The van der Waals surface area contributed by atoms with Gasteiger partial charge in [0, 0.05) is 7.11 Å². The van der Waals surface area contributed by atoms with Gasteiger partial charge in [0.15, 0.2) is 9.76 Å². The summed E-state index contributed by atoms with van der Waals surface area (Å²) in [6.07, 6.45) is 0. The average Bonchev–Trinajstić information content (AvgIpc) is 1.99.